The molecule has 0 amide bonds. The van der Waals surface area contributed by atoms with E-state index in [4.69, 9.17) is 9.52 Å². The number of rotatable bonds is 5. The number of hydrogen-bond acceptors (Lipinski definition) is 7. The lowest BCUT2D eigenvalue weighted by molar-refractivity contribution is -0.274. The molecule has 4 atom stereocenters. The van der Waals surface area contributed by atoms with Crippen LogP contribution in [0, 0.1) is 10.6 Å². The third-order valence-electron chi connectivity index (χ3n) is 6.24. The van der Waals surface area contributed by atoms with Gasteiger partial charge in [0.15, 0.2) is 17.3 Å². The summed E-state index contributed by atoms with van der Waals surface area (Å²) in [4.78, 5) is 6.01. The van der Waals surface area contributed by atoms with Crippen LogP contribution in [-0.4, -0.2) is 38.8 Å². The third-order valence-corrected chi connectivity index (χ3v) is 7.81. The van der Waals surface area contributed by atoms with E-state index < -0.39 is 46.0 Å². The lowest BCUT2D eigenvalue weighted by Gasteiger charge is -2.44. The minimum atomic E-state index is -4.88. The van der Waals surface area contributed by atoms with E-state index in [1.165, 1.54) is 18.2 Å². The lowest BCUT2D eigenvalue weighted by atomic mass is 9.87. The molecule has 3 N–H and O–H groups in total. The van der Waals surface area contributed by atoms with Crippen molar-refractivity contribution in [3.8, 4) is 17.2 Å². The summed E-state index contributed by atoms with van der Waals surface area (Å²) in [5, 5.41) is 11.4. The summed E-state index contributed by atoms with van der Waals surface area (Å²) >= 11 is 0. The predicted octanol–water partition coefficient (Wildman–Crippen LogP) is 5.26. The zero-order valence-electron chi connectivity index (χ0n) is 19.1. The second-order valence-electron chi connectivity index (χ2n) is 8.70. The van der Waals surface area contributed by atoms with Gasteiger partial charge in [0.2, 0.25) is 0 Å². The maximum absolute atomic E-state index is 14.2. The van der Waals surface area contributed by atoms with Crippen LogP contribution in [0.4, 0.5) is 29.1 Å². The Kier molecular flexibility index (Phi) is 6.46. The zero-order chi connectivity index (χ0) is 26.4. The molecular weight excluding hydrogens is 516 g/mol. The highest BCUT2D eigenvalue weighted by Crippen LogP contribution is 2.48. The molecule has 1 fully saturated rings. The first-order valence-corrected chi connectivity index (χ1v) is 12.9. The SMILES string of the molecule is N=S(=O)(NC1CCCC(N2c3cc(F)ccc3Oc3cccnc32)C1O)c1ccc(OC(F)(F)F)cc1. The highest BCUT2D eigenvalue weighted by Gasteiger charge is 2.41. The van der Waals surface area contributed by atoms with Gasteiger partial charge < -0.3 is 19.5 Å². The van der Waals surface area contributed by atoms with Crippen molar-refractivity contribution in [3.63, 3.8) is 0 Å². The molecule has 0 spiro atoms. The van der Waals surface area contributed by atoms with Gasteiger partial charge in [-0.1, -0.05) is 0 Å². The summed E-state index contributed by atoms with van der Waals surface area (Å²) in [5.74, 6) is 0.188. The quantitative estimate of drug-likeness (QED) is 0.383. The molecule has 1 saturated carbocycles. The second kappa shape index (κ2) is 9.47. The van der Waals surface area contributed by atoms with Gasteiger partial charge in [0, 0.05) is 18.3 Å². The van der Waals surface area contributed by atoms with Gasteiger partial charge in [0.05, 0.1) is 22.7 Å². The zero-order valence-corrected chi connectivity index (χ0v) is 19.9. The average Bonchev–Trinajstić information content (AvgIpc) is 2.83. The number of anilines is 2. The fourth-order valence-corrected chi connectivity index (χ4v) is 6.00. The molecule has 2 aromatic carbocycles. The Hall–Kier alpha value is -3.42. The van der Waals surface area contributed by atoms with E-state index in [1.807, 2.05) is 0 Å². The highest BCUT2D eigenvalue weighted by atomic mass is 32.2. The van der Waals surface area contributed by atoms with Crippen molar-refractivity contribution in [1.82, 2.24) is 9.71 Å². The largest absolute Gasteiger partial charge is 0.573 e. The molecule has 1 aliphatic heterocycles. The van der Waals surface area contributed by atoms with Crippen LogP contribution in [0.25, 0.3) is 0 Å². The number of ether oxygens (including phenoxy) is 2. The monoisotopic (exact) mass is 538 g/mol. The van der Waals surface area contributed by atoms with Crippen molar-refractivity contribution in [2.45, 2.75) is 48.7 Å². The summed E-state index contributed by atoms with van der Waals surface area (Å²) in [6.45, 7) is 0. The number of alkyl halides is 3. The van der Waals surface area contributed by atoms with Gasteiger partial charge in [-0.2, -0.15) is 0 Å². The Morgan fingerprint density at radius 3 is 2.62 bits per heavy atom. The van der Waals surface area contributed by atoms with Gasteiger partial charge in [-0.15, -0.1) is 13.2 Å². The van der Waals surface area contributed by atoms with E-state index in [9.17, 15) is 26.9 Å². The Bertz CT molecular complexity index is 1400. The van der Waals surface area contributed by atoms with Gasteiger partial charge in [-0.3, -0.25) is 0 Å². The Balaban J connectivity index is 1.41. The Morgan fingerprint density at radius 1 is 1.14 bits per heavy atom. The molecule has 196 valence electrons. The van der Waals surface area contributed by atoms with Crippen LogP contribution in [-0.2, 0) is 9.92 Å². The first-order valence-electron chi connectivity index (χ1n) is 11.3. The van der Waals surface area contributed by atoms with Crippen molar-refractivity contribution >= 4 is 21.4 Å². The molecule has 13 heteroatoms. The molecule has 37 heavy (non-hydrogen) atoms. The smallest absolute Gasteiger partial charge is 0.451 e. The third kappa shape index (κ3) is 5.20. The van der Waals surface area contributed by atoms with Crippen LogP contribution in [0.5, 0.6) is 17.2 Å². The number of aliphatic hydroxyl groups is 1. The number of halogens is 4. The number of fused-ring (bicyclic) bond motifs is 2. The van der Waals surface area contributed by atoms with Crippen molar-refractivity contribution in [2.24, 2.45) is 0 Å². The normalized spacial score (nSPS) is 22.8. The van der Waals surface area contributed by atoms with Crippen molar-refractivity contribution in [2.75, 3.05) is 4.90 Å². The fraction of sp³-hybridized carbons (Fsp3) is 0.292. The first-order chi connectivity index (χ1) is 17.5. The molecular formula is C24H22F4N4O4S. The number of hydrogen-bond donors (Lipinski definition) is 3. The number of nitrogens with one attached hydrogen (secondary N) is 2. The van der Waals surface area contributed by atoms with Gasteiger partial charge in [-0.25, -0.2) is 23.1 Å². The lowest BCUT2D eigenvalue weighted by Crippen LogP contribution is -2.56. The number of nitrogens with zero attached hydrogens (tertiary/aromatic N) is 2. The Labute approximate surface area is 210 Å². The maximum Gasteiger partial charge on any atom is 0.573 e. The standard InChI is InChI=1S/C24H22F4N4O4S/c25-14-6-11-20-19(13-14)32(23-21(35-20)5-2-12-30-23)18-4-1-3-17(22(18)33)31-37(29,34)16-9-7-15(8-10-16)36-24(26,27)28/h2,5-13,17-18,22,33H,1,3-4H2,(H2,29,31,34). The number of benzene rings is 2. The fourth-order valence-electron chi connectivity index (χ4n) is 4.66. The molecule has 4 unspecified atom stereocenters. The van der Waals surface area contributed by atoms with Crippen LogP contribution in [0.15, 0.2) is 65.7 Å². The van der Waals surface area contributed by atoms with Crippen molar-refractivity contribution < 1.29 is 36.4 Å². The van der Waals surface area contributed by atoms with E-state index >= 15 is 0 Å². The Morgan fingerprint density at radius 2 is 1.89 bits per heavy atom. The molecule has 5 rings (SSSR count). The van der Waals surface area contributed by atoms with Crippen LogP contribution < -0.4 is 19.1 Å². The molecule has 0 bridgehead atoms. The van der Waals surface area contributed by atoms with Crippen LogP contribution in [0.3, 0.4) is 0 Å². The van der Waals surface area contributed by atoms with Gasteiger partial charge in [0.1, 0.15) is 21.5 Å². The van der Waals surface area contributed by atoms with Gasteiger partial charge in [0.25, 0.3) is 0 Å². The van der Waals surface area contributed by atoms with Gasteiger partial charge >= 0.3 is 6.36 Å². The highest BCUT2D eigenvalue weighted by molar-refractivity contribution is 7.90. The molecule has 0 saturated heterocycles. The number of aliphatic hydroxyl groups excluding tert-OH is 1. The molecule has 0 radical (unpaired) electrons. The second-order valence-corrected chi connectivity index (χ2v) is 10.5. The summed E-state index contributed by atoms with van der Waals surface area (Å²) < 4.78 is 85.4. The molecule has 1 aliphatic carbocycles. The van der Waals surface area contributed by atoms with E-state index in [2.05, 4.69) is 14.4 Å². The molecule has 1 aromatic heterocycles. The summed E-state index contributed by atoms with van der Waals surface area (Å²) in [6.07, 6.45) is -3.02. The molecule has 2 heterocycles. The number of aromatic nitrogens is 1. The van der Waals surface area contributed by atoms with Crippen LogP contribution in [0.1, 0.15) is 19.3 Å². The summed E-state index contributed by atoms with van der Waals surface area (Å²) in [5.41, 5.74) is 0.378. The number of pyridine rings is 1. The van der Waals surface area contributed by atoms with E-state index in [-0.39, 0.29) is 4.90 Å². The predicted molar refractivity (Wildman–Crippen MR) is 126 cm³/mol. The van der Waals surface area contributed by atoms with Crippen molar-refractivity contribution in [3.05, 3.63) is 66.6 Å². The topological polar surface area (TPSA) is 108 Å². The van der Waals surface area contributed by atoms with Crippen LogP contribution in [0.2, 0.25) is 0 Å². The first kappa shape index (κ1) is 25.2. The average molecular weight is 539 g/mol. The molecule has 8 nitrogen and oxygen atoms in total. The molecule has 3 aromatic rings. The van der Waals surface area contributed by atoms with Crippen LogP contribution >= 0.6 is 0 Å². The molecule has 2 aliphatic rings. The summed E-state index contributed by atoms with van der Waals surface area (Å²) in [7, 11) is -3.70. The maximum atomic E-state index is 14.2. The van der Waals surface area contributed by atoms with E-state index in [0.717, 1.165) is 24.3 Å². The van der Waals surface area contributed by atoms with Crippen molar-refractivity contribution in [1.29, 1.82) is 4.78 Å². The van der Waals surface area contributed by atoms with E-state index in [1.54, 1.807) is 23.2 Å². The minimum absolute atomic E-state index is 0.0675. The van der Waals surface area contributed by atoms with E-state index in [0.29, 0.717) is 42.3 Å². The minimum Gasteiger partial charge on any atom is -0.451 e. The summed E-state index contributed by atoms with van der Waals surface area (Å²) in [6, 6.07) is 10.2. The van der Waals surface area contributed by atoms with Gasteiger partial charge in [-0.05, 0) is 67.8 Å².